The third-order valence-electron chi connectivity index (χ3n) is 3.56. The average molecular weight is 407 g/mol. The highest BCUT2D eigenvalue weighted by molar-refractivity contribution is 7.88. The Labute approximate surface area is 162 Å². The van der Waals surface area contributed by atoms with Crippen molar-refractivity contribution in [3.05, 3.63) is 65.2 Å². The van der Waals surface area contributed by atoms with Gasteiger partial charge in [0.1, 0.15) is 11.6 Å². The van der Waals surface area contributed by atoms with Crippen LogP contribution < -0.4 is 10.0 Å². The van der Waals surface area contributed by atoms with Crippen LogP contribution in [0.1, 0.15) is 11.4 Å². The lowest BCUT2D eigenvalue weighted by Gasteiger charge is -2.10. The van der Waals surface area contributed by atoms with Gasteiger partial charge in [0.15, 0.2) is 5.82 Å². The van der Waals surface area contributed by atoms with Gasteiger partial charge in [0, 0.05) is 36.6 Å². The minimum Gasteiger partial charge on any atom is -0.369 e. The second-order valence-corrected chi connectivity index (χ2v) is 8.06. The molecule has 27 heavy (non-hydrogen) atoms. The number of rotatable bonds is 8. The first-order valence-corrected chi connectivity index (χ1v) is 10.3. The molecule has 10 heteroatoms. The summed E-state index contributed by atoms with van der Waals surface area (Å²) in [6.45, 7) is 2.39. The number of aromatic nitrogens is 4. The normalized spacial score (nSPS) is 11.5. The molecule has 0 aliphatic heterocycles. The lowest BCUT2D eigenvalue weighted by atomic mass is 10.2. The molecule has 0 aliphatic rings. The topological polar surface area (TPSA) is 102 Å². The number of benzene rings is 1. The lowest BCUT2D eigenvalue weighted by molar-refractivity contribution is 0.582. The standard InChI is InChI=1S/C17H19ClN6O2S/c1-13-22-16(11-17(23-13)24-9-3-6-20-24)19-7-8-21-27(25,26)12-14-4-2-5-15(18)10-14/h2-6,9-11,21H,7-8,12H2,1H3,(H,19,22,23). The Morgan fingerprint density at radius 3 is 2.74 bits per heavy atom. The van der Waals surface area contributed by atoms with Crippen LogP contribution in [0, 0.1) is 6.92 Å². The van der Waals surface area contributed by atoms with Gasteiger partial charge in [0.25, 0.3) is 0 Å². The zero-order valence-electron chi connectivity index (χ0n) is 14.6. The van der Waals surface area contributed by atoms with Crippen molar-refractivity contribution in [3.63, 3.8) is 0 Å². The van der Waals surface area contributed by atoms with Gasteiger partial charge < -0.3 is 5.32 Å². The van der Waals surface area contributed by atoms with E-state index in [2.05, 4.69) is 25.1 Å². The minimum atomic E-state index is -3.45. The van der Waals surface area contributed by atoms with Crippen LogP contribution >= 0.6 is 11.6 Å². The van der Waals surface area contributed by atoms with Crippen LogP contribution in [0.25, 0.3) is 5.82 Å². The van der Waals surface area contributed by atoms with Crippen molar-refractivity contribution in [2.45, 2.75) is 12.7 Å². The summed E-state index contributed by atoms with van der Waals surface area (Å²) in [5.41, 5.74) is 0.637. The summed E-state index contributed by atoms with van der Waals surface area (Å²) in [7, 11) is -3.45. The number of nitrogens with one attached hydrogen (secondary N) is 2. The van der Waals surface area contributed by atoms with Gasteiger partial charge in [-0.3, -0.25) is 0 Å². The van der Waals surface area contributed by atoms with E-state index in [0.29, 0.717) is 34.6 Å². The summed E-state index contributed by atoms with van der Waals surface area (Å²) < 4.78 is 28.5. The molecule has 3 rings (SSSR count). The number of hydrogen-bond acceptors (Lipinski definition) is 6. The quantitative estimate of drug-likeness (QED) is 0.556. The molecule has 0 fully saturated rings. The van der Waals surface area contributed by atoms with E-state index >= 15 is 0 Å². The first-order valence-electron chi connectivity index (χ1n) is 8.23. The van der Waals surface area contributed by atoms with Crippen LogP contribution in [0.15, 0.2) is 48.8 Å². The van der Waals surface area contributed by atoms with Crippen LogP contribution in [-0.2, 0) is 15.8 Å². The molecule has 0 bridgehead atoms. The van der Waals surface area contributed by atoms with Gasteiger partial charge in [-0.15, -0.1) is 0 Å². The van der Waals surface area contributed by atoms with Crippen LogP contribution in [0.3, 0.4) is 0 Å². The number of nitrogens with zero attached hydrogens (tertiary/aromatic N) is 4. The molecule has 0 saturated carbocycles. The SMILES string of the molecule is Cc1nc(NCCNS(=O)(=O)Cc2cccc(Cl)c2)cc(-n2cccn2)n1. The second-order valence-electron chi connectivity index (χ2n) is 5.82. The Balaban J connectivity index is 1.54. The van der Waals surface area contributed by atoms with Gasteiger partial charge >= 0.3 is 0 Å². The van der Waals surface area contributed by atoms with Crippen molar-refractivity contribution >= 4 is 27.4 Å². The number of halogens is 1. The largest absolute Gasteiger partial charge is 0.369 e. The molecular formula is C17H19ClN6O2S. The molecule has 0 saturated heterocycles. The van der Waals surface area contributed by atoms with E-state index in [1.54, 1.807) is 60.4 Å². The highest BCUT2D eigenvalue weighted by atomic mass is 35.5. The Kier molecular flexibility index (Phi) is 6.04. The lowest BCUT2D eigenvalue weighted by Crippen LogP contribution is -2.30. The van der Waals surface area contributed by atoms with Gasteiger partial charge in [0.2, 0.25) is 10.0 Å². The number of hydrogen-bond donors (Lipinski definition) is 2. The van der Waals surface area contributed by atoms with Crippen molar-refractivity contribution in [1.82, 2.24) is 24.5 Å². The molecule has 0 amide bonds. The molecule has 2 N–H and O–H groups in total. The number of aryl methyl sites for hydroxylation is 1. The third-order valence-corrected chi connectivity index (χ3v) is 5.15. The zero-order valence-corrected chi connectivity index (χ0v) is 16.2. The fourth-order valence-electron chi connectivity index (χ4n) is 2.46. The Bertz CT molecular complexity index is 1010. The average Bonchev–Trinajstić information content (AvgIpc) is 3.13. The molecule has 0 spiro atoms. The van der Waals surface area contributed by atoms with E-state index in [1.165, 1.54) is 0 Å². The highest BCUT2D eigenvalue weighted by Gasteiger charge is 2.11. The fraction of sp³-hybridized carbons (Fsp3) is 0.235. The summed E-state index contributed by atoms with van der Waals surface area (Å²) in [5.74, 6) is 1.70. The summed E-state index contributed by atoms with van der Waals surface area (Å²) in [5, 5.41) is 7.74. The van der Waals surface area contributed by atoms with Crippen molar-refractivity contribution in [3.8, 4) is 5.82 Å². The van der Waals surface area contributed by atoms with Crippen molar-refractivity contribution < 1.29 is 8.42 Å². The van der Waals surface area contributed by atoms with Crippen molar-refractivity contribution in [1.29, 1.82) is 0 Å². The summed E-state index contributed by atoms with van der Waals surface area (Å²) in [4.78, 5) is 8.62. The molecule has 0 radical (unpaired) electrons. The minimum absolute atomic E-state index is 0.121. The Morgan fingerprint density at radius 2 is 2.00 bits per heavy atom. The smallest absolute Gasteiger partial charge is 0.215 e. The number of sulfonamides is 1. The van der Waals surface area contributed by atoms with Crippen LogP contribution in [0.4, 0.5) is 5.82 Å². The maximum atomic E-state index is 12.2. The molecule has 0 atom stereocenters. The van der Waals surface area contributed by atoms with Crippen molar-refractivity contribution in [2.75, 3.05) is 18.4 Å². The molecule has 3 aromatic rings. The first kappa shape index (κ1) is 19.3. The molecule has 142 valence electrons. The second kappa shape index (κ2) is 8.47. The summed E-state index contributed by atoms with van der Waals surface area (Å²) >= 11 is 5.89. The van der Waals surface area contributed by atoms with Crippen molar-refractivity contribution in [2.24, 2.45) is 0 Å². The molecular weight excluding hydrogens is 388 g/mol. The Morgan fingerprint density at radius 1 is 1.15 bits per heavy atom. The fourth-order valence-corrected chi connectivity index (χ4v) is 3.80. The maximum absolute atomic E-state index is 12.2. The van der Waals surface area contributed by atoms with E-state index in [0.717, 1.165) is 0 Å². The van der Waals surface area contributed by atoms with Crippen LogP contribution in [-0.4, -0.2) is 41.3 Å². The molecule has 0 unspecified atom stereocenters. The molecule has 0 aliphatic carbocycles. The monoisotopic (exact) mass is 406 g/mol. The predicted molar refractivity (Wildman–Crippen MR) is 104 cm³/mol. The molecule has 1 aromatic carbocycles. The van der Waals surface area contributed by atoms with E-state index < -0.39 is 10.0 Å². The van der Waals surface area contributed by atoms with Gasteiger partial charge in [-0.25, -0.2) is 27.8 Å². The highest BCUT2D eigenvalue weighted by Crippen LogP contribution is 2.13. The van der Waals surface area contributed by atoms with E-state index in [1.807, 2.05) is 0 Å². The van der Waals surface area contributed by atoms with Crippen LogP contribution in [0.5, 0.6) is 0 Å². The van der Waals surface area contributed by atoms with Gasteiger partial charge in [-0.1, -0.05) is 23.7 Å². The molecule has 2 heterocycles. The summed E-state index contributed by atoms with van der Waals surface area (Å²) in [6, 6.07) is 10.3. The van der Waals surface area contributed by atoms with E-state index in [4.69, 9.17) is 11.6 Å². The number of anilines is 1. The summed E-state index contributed by atoms with van der Waals surface area (Å²) in [6.07, 6.45) is 3.45. The van der Waals surface area contributed by atoms with E-state index in [9.17, 15) is 8.42 Å². The molecule has 8 nitrogen and oxygen atoms in total. The zero-order chi connectivity index (χ0) is 19.3. The maximum Gasteiger partial charge on any atom is 0.215 e. The predicted octanol–water partition coefficient (Wildman–Crippen LogP) is 2.16. The van der Waals surface area contributed by atoms with Gasteiger partial charge in [0.05, 0.1) is 5.75 Å². The first-order chi connectivity index (χ1) is 12.9. The third kappa shape index (κ3) is 5.75. The van der Waals surface area contributed by atoms with Crippen LogP contribution in [0.2, 0.25) is 5.02 Å². The molecule has 2 aromatic heterocycles. The van der Waals surface area contributed by atoms with Gasteiger partial charge in [-0.2, -0.15) is 5.10 Å². The Hall–Kier alpha value is -2.49. The van der Waals surface area contributed by atoms with E-state index in [-0.39, 0.29) is 12.3 Å². The van der Waals surface area contributed by atoms with Gasteiger partial charge in [-0.05, 0) is 30.7 Å².